The van der Waals surface area contributed by atoms with E-state index >= 15 is 0 Å². The molecule has 1 aliphatic rings. The first-order chi connectivity index (χ1) is 11.4. The molecule has 0 aliphatic heterocycles. The van der Waals surface area contributed by atoms with Crippen molar-refractivity contribution in [1.29, 1.82) is 0 Å². The van der Waals surface area contributed by atoms with Crippen molar-refractivity contribution in [3.63, 3.8) is 0 Å². The Kier molecular flexibility index (Phi) is 4.40. The van der Waals surface area contributed by atoms with Crippen LogP contribution in [0.4, 0.5) is 0 Å². The van der Waals surface area contributed by atoms with Crippen molar-refractivity contribution in [3.8, 4) is 0 Å². The number of hydrogen-bond acceptors (Lipinski definition) is 5. The fraction of sp³-hybridized carbons (Fsp3) is 0.500. The topological polar surface area (TPSA) is 101 Å². The summed E-state index contributed by atoms with van der Waals surface area (Å²) in [6, 6.07) is 0. The van der Waals surface area contributed by atoms with Gasteiger partial charge in [0.15, 0.2) is 4.96 Å². The first-order valence-electron chi connectivity index (χ1n) is 7.96. The maximum Gasteiger partial charge on any atom is 0.329 e. The first-order valence-corrected chi connectivity index (χ1v) is 8.84. The van der Waals surface area contributed by atoms with Gasteiger partial charge in [-0.15, -0.1) is 11.3 Å². The zero-order valence-electron chi connectivity index (χ0n) is 13.4. The van der Waals surface area contributed by atoms with Crippen molar-refractivity contribution in [3.05, 3.63) is 33.2 Å². The molecule has 2 N–H and O–H groups in total. The van der Waals surface area contributed by atoms with Crippen LogP contribution in [-0.2, 0) is 4.79 Å². The number of amides is 1. The zero-order valence-corrected chi connectivity index (χ0v) is 14.2. The quantitative estimate of drug-likeness (QED) is 0.825. The summed E-state index contributed by atoms with van der Waals surface area (Å²) >= 11 is 1.32. The van der Waals surface area contributed by atoms with Crippen LogP contribution in [0.2, 0.25) is 0 Å². The Morgan fingerprint density at radius 1 is 1.29 bits per heavy atom. The molecule has 1 saturated carbocycles. The summed E-state index contributed by atoms with van der Waals surface area (Å²) in [6.07, 6.45) is 5.38. The SMILES string of the molecule is Cc1csc2ncc(C(=O)NC3(C(=O)O)CCCCCC3)c(=O)n12. The Labute approximate surface area is 142 Å². The van der Waals surface area contributed by atoms with E-state index < -0.39 is 23.0 Å². The molecule has 0 saturated heterocycles. The molecule has 1 amide bonds. The number of aliphatic carboxylic acids is 1. The lowest BCUT2D eigenvalue weighted by Crippen LogP contribution is -2.55. The number of carbonyl (C=O) groups excluding carboxylic acids is 1. The number of aromatic nitrogens is 2. The number of fused-ring (bicyclic) bond motifs is 1. The number of carboxylic acid groups (broad SMARTS) is 1. The van der Waals surface area contributed by atoms with E-state index in [9.17, 15) is 19.5 Å². The van der Waals surface area contributed by atoms with Gasteiger partial charge in [-0.25, -0.2) is 9.78 Å². The molecule has 2 heterocycles. The molecule has 0 radical (unpaired) electrons. The summed E-state index contributed by atoms with van der Waals surface area (Å²) in [5.74, 6) is -1.71. The van der Waals surface area contributed by atoms with Crippen LogP contribution in [-0.4, -0.2) is 31.9 Å². The molecule has 0 bridgehead atoms. The van der Waals surface area contributed by atoms with Crippen LogP contribution < -0.4 is 10.9 Å². The number of nitrogens with one attached hydrogen (secondary N) is 1. The molecule has 7 nitrogen and oxygen atoms in total. The summed E-state index contributed by atoms with van der Waals surface area (Å²) in [6.45, 7) is 1.76. The van der Waals surface area contributed by atoms with Crippen LogP contribution in [0.5, 0.6) is 0 Å². The predicted octanol–water partition coefficient (Wildman–Crippen LogP) is 1.97. The van der Waals surface area contributed by atoms with Crippen molar-refractivity contribution >= 4 is 28.2 Å². The molecule has 1 fully saturated rings. The van der Waals surface area contributed by atoms with Crippen molar-refractivity contribution in [2.45, 2.75) is 51.0 Å². The highest BCUT2D eigenvalue weighted by molar-refractivity contribution is 7.15. The maximum absolute atomic E-state index is 12.6. The van der Waals surface area contributed by atoms with Gasteiger partial charge in [-0.05, 0) is 19.8 Å². The molecule has 2 aromatic heterocycles. The lowest BCUT2D eigenvalue weighted by Gasteiger charge is -2.29. The molecular weight excluding hydrogens is 330 g/mol. The van der Waals surface area contributed by atoms with Crippen molar-refractivity contribution in [1.82, 2.24) is 14.7 Å². The van der Waals surface area contributed by atoms with Gasteiger partial charge in [0.1, 0.15) is 11.1 Å². The average molecular weight is 349 g/mol. The van der Waals surface area contributed by atoms with E-state index in [2.05, 4.69) is 10.3 Å². The maximum atomic E-state index is 12.6. The molecule has 0 atom stereocenters. The van der Waals surface area contributed by atoms with E-state index in [1.807, 2.05) is 0 Å². The van der Waals surface area contributed by atoms with E-state index in [0.717, 1.165) is 25.7 Å². The minimum atomic E-state index is -1.30. The summed E-state index contributed by atoms with van der Waals surface area (Å²) in [7, 11) is 0. The third kappa shape index (κ3) is 2.82. The minimum absolute atomic E-state index is 0.126. The molecule has 8 heteroatoms. The van der Waals surface area contributed by atoms with Crippen LogP contribution >= 0.6 is 11.3 Å². The van der Waals surface area contributed by atoms with Crippen LogP contribution in [0.15, 0.2) is 16.4 Å². The third-order valence-electron chi connectivity index (χ3n) is 4.58. The number of thiazole rings is 1. The molecule has 128 valence electrons. The number of nitrogens with zero attached hydrogens (tertiary/aromatic N) is 2. The van der Waals surface area contributed by atoms with Crippen molar-refractivity contribution < 1.29 is 14.7 Å². The summed E-state index contributed by atoms with van der Waals surface area (Å²) < 4.78 is 1.38. The second-order valence-corrected chi connectivity index (χ2v) is 7.06. The van der Waals surface area contributed by atoms with Crippen LogP contribution in [0, 0.1) is 6.92 Å². The Morgan fingerprint density at radius 3 is 2.58 bits per heavy atom. The normalized spacial score (nSPS) is 17.4. The third-order valence-corrected chi connectivity index (χ3v) is 5.54. The Bertz CT molecular complexity index is 847. The lowest BCUT2D eigenvalue weighted by molar-refractivity contribution is -0.145. The Balaban J connectivity index is 1.96. The summed E-state index contributed by atoms with van der Waals surface area (Å²) in [5.41, 5.74) is -1.20. The highest BCUT2D eigenvalue weighted by Crippen LogP contribution is 2.27. The molecule has 0 unspecified atom stereocenters. The number of carboxylic acids is 1. The van der Waals surface area contributed by atoms with Crippen LogP contribution in [0.25, 0.3) is 4.96 Å². The van der Waals surface area contributed by atoms with Gasteiger partial charge in [-0.2, -0.15) is 0 Å². The zero-order chi connectivity index (χ0) is 17.3. The lowest BCUT2D eigenvalue weighted by atomic mass is 9.90. The second-order valence-electron chi connectivity index (χ2n) is 6.23. The van der Waals surface area contributed by atoms with Crippen molar-refractivity contribution in [2.24, 2.45) is 0 Å². The minimum Gasteiger partial charge on any atom is -0.480 e. The first kappa shape index (κ1) is 16.6. The Hall–Kier alpha value is -2.22. The van der Waals surface area contributed by atoms with Crippen LogP contribution in [0.1, 0.15) is 54.6 Å². The standard InChI is InChI=1S/C16H19N3O4S/c1-10-9-24-15-17-8-11(13(21)19(10)15)12(20)18-16(14(22)23)6-4-2-3-5-7-16/h8-9H,2-7H2,1H3,(H,18,20)(H,22,23). The van der Waals surface area contributed by atoms with E-state index in [1.165, 1.54) is 21.9 Å². The molecule has 0 spiro atoms. The van der Waals surface area contributed by atoms with Gasteiger partial charge in [0.2, 0.25) is 0 Å². The monoisotopic (exact) mass is 349 g/mol. The van der Waals surface area contributed by atoms with E-state index in [1.54, 1.807) is 12.3 Å². The largest absolute Gasteiger partial charge is 0.480 e. The van der Waals surface area contributed by atoms with E-state index in [0.29, 0.717) is 23.5 Å². The van der Waals surface area contributed by atoms with Crippen LogP contribution in [0.3, 0.4) is 0 Å². The molecular formula is C16H19N3O4S. The van der Waals surface area contributed by atoms with Gasteiger partial charge in [-0.3, -0.25) is 14.0 Å². The van der Waals surface area contributed by atoms with Gasteiger partial charge in [0, 0.05) is 17.3 Å². The fourth-order valence-electron chi connectivity index (χ4n) is 3.19. The van der Waals surface area contributed by atoms with Gasteiger partial charge < -0.3 is 10.4 Å². The predicted molar refractivity (Wildman–Crippen MR) is 89.6 cm³/mol. The van der Waals surface area contributed by atoms with Gasteiger partial charge >= 0.3 is 5.97 Å². The van der Waals surface area contributed by atoms with Gasteiger partial charge in [0.25, 0.3) is 11.5 Å². The molecule has 1 aliphatic carbocycles. The van der Waals surface area contributed by atoms with E-state index in [4.69, 9.17) is 0 Å². The van der Waals surface area contributed by atoms with Gasteiger partial charge in [0.05, 0.1) is 0 Å². The molecule has 3 rings (SSSR count). The van der Waals surface area contributed by atoms with E-state index in [-0.39, 0.29) is 5.56 Å². The number of rotatable bonds is 3. The summed E-state index contributed by atoms with van der Waals surface area (Å²) in [5, 5.41) is 14.1. The summed E-state index contributed by atoms with van der Waals surface area (Å²) in [4.78, 5) is 41.6. The number of hydrogen-bond donors (Lipinski definition) is 2. The molecule has 2 aromatic rings. The number of aryl methyl sites for hydroxylation is 1. The highest BCUT2D eigenvalue weighted by atomic mass is 32.1. The smallest absolute Gasteiger partial charge is 0.329 e. The fourth-order valence-corrected chi connectivity index (χ4v) is 4.02. The Morgan fingerprint density at radius 2 is 1.96 bits per heavy atom. The molecule has 0 aromatic carbocycles. The molecule has 24 heavy (non-hydrogen) atoms. The highest BCUT2D eigenvalue weighted by Gasteiger charge is 2.40. The average Bonchev–Trinajstić information content (AvgIpc) is 2.77. The van der Waals surface area contributed by atoms with Crippen molar-refractivity contribution in [2.75, 3.05) is 0 Å². The number of carbonyl (C=O) groups is 2. The second kappa shape index (κ2) is 6.35. The van der Waals surface area contributed by atoms with Gasteiger partial charge in [-0.1, -0.05) is 25.7 Å².